The zero-order valence-corrected chi connectivity index (χ0v) is 11.3. The summed E-state index contributed by atoms with van der Waals surface area (Å²) in [5.41, 5.74) is 3.18. The molecule has 0 spiro atoms. The highest BCUT2D eigenvalue weighted by atomic mass is 16.2. The maximum Gasteiger partial charge on any atom is 0.258 e. The van der Waals surface area contributed by atoms with E-state index in [2.05, 4.69) is 25.2 Å². The third kappa shape index (κ3) is 2.33. The van der Waals surface area contributed by atoms with E-state index in [0.717, 1.165) is 30.7 Å². The summed E-state index contributed by atoms with van der Waals surface area (Å²) in [4.78, 5) is 14.1. The molecule has 1 aliphatic heterocycles. The Balaban J connectivity index is 2.24. The van der Waals surface area contributed by atoms with Gasteiger partial charge in [0.2, 0.25) is 0 Å². The largest absolute Gasteiger partial charge is 0.308 e. The van der Waals surface area contributed by atoms with Gasteiger partial charge in [-0.15, -0.1) is 0 Å². The predicted molar refractivity (Wildman–Crippen MR) is 74.9 cm³/mol. The number of rotatable bonds is 5. The molecular formula is C16H21NO. The van der Waals surface area contributed by atoms with Crippen molar-refractivity contribution in [3.05, 3.63) is 47.2 Å². The van der Waals surface area contributed by atoms with Gasteiger partial charge in [0.1, 0.15) is 0 Å². The molecule has 1 aliphatic carbocycles. The lowest BCUT2D eigenvalue weighted by Crippen LogP contribution is -2.24. The van der Waals surface area contributed by atoms with E-state index in [9.17, 15) is 4.79 Å². The third-order valence-electron chi connectivity index (χ3n) is 3.44. The summed E-state index contributed by atoms with van der Waals surface area (Å²) in [5.74, 6) is 0.159. The van der Waals surface area contributed by atoms with Gasteiger partial charge in [-0.1, -0.05) is 38.0 Å². The fraction of sp³-hybridized carbons (Fsp3) is 0.438. The molecule has 0 aromatic heterocycles. The van der Waals surface area contributed by atoms with Crippen molar-refractivity contribution < 1.29 is 4.79 Å². The van der Waals surface area contributed by atoms with E-state index in [-0.39, 0.29) is 5.91 Å². The van der Waals surface area contributed by atoms with Crippen molar-refractivity contribution in [2.24, 2.45) is 0 Å². The summed E-state index contributed by atoms with van der Waals surface area (Å²) in [6.45, 7) is 4.97. The number of likely N-dealkylation sites (N-methyl/N-ethyl adjacent to an activating group) is 1. The maximum atomic E-state index is 12.2. The van der Waals surface area contributed by atoms with Crippen molar-refractivity contribution in [1.82, 2.24) is 4.90 Å². The van der Waals surface area contributed by atoms with Gasteiger partial charge in [0.15, 0.2) is 0 Å². The number of fused-ring (bicyclic) bond motifs is 1. The number of hydrogen-bond donors (Lipinski definition) is 0. The number of hydrogen-bond acceptors (Lipinski definition) is 1. The lowest BCUT2D eigenvalue weighted by Gasteiger charge is -2.15. The van der Waals surface area contributed by atoms with Gasteiger partial charge in [0.05, 0.1) is 0 Å². The first-order valence-electron chi connectivity index (χ1n) is 6.88. The topological polar surface area (TPSA) is 20.3 Å². The summed E-state index contributed by atoms with van der Waals surface area (Å²) in [7, 11) is 0. The summed E-state index contributed by atoms with van der Waals surface area (Å²) < 4.78 is 0. The van der Waals surface area contributed by atoms with Crippen molar-refractivity contribution in [2.75, 3.05) is 6.54 Å². The summed E-state index contributed by atoms with van der Waals surface area (Å²) >= 11 is 0. The van der Waals surface area contributed by atoms with Crippen molar-refractivity contribution in [2.45, 2.75) is 39.5 Å². The minimum atomic E-state index is 0.159. The molecule has 0 saturated heterocycles. The molecule has 1 amide bonds. The van der Waals surface area contributed by atoms with E-state index in [4.69, 9.17) is 0 Å². The highest BCUT2D eigenvalue weighted by molar-refractivity contribution is 6.03. The minimum absolute atomic E-state index is 0.159. The molecular weight excluding hydrogens is 222 g/mol. The zero-order chi connectivity index (χ0) is 13.0. The van der Waals surface area contributed by atoms with Crippen LogP contribution in [-0.4, -0.2) is 17.4 Å². The molecule has 2 rings (SSSR count). The number of carbonyl (C=O) groups excluding carboxylic acids is 1. The van der Waals surface area contributed by atoms with E-state index in [1.54, 1.807) is 0 Å². The van der Waals surface area contributed by atoms with Crippen LogP contribution in [0.2, 0.25) is 0 Å². The molecule has 0 N–H and O–H groups in total. The van der Waals surface area contributed by atoms with Crippen LogP contribution in [-0.2, 0) is 4.79 Å². The van der Waals surface area contributed by atoms with Gasteiger partial charge in [-0.3, -0.25) is 4.79 Å². The summed E-state index contributed by atoms with van der Waals surface area (Å²) in [6.07, 6.45) is 14.8. The average Bonchev–Trinajstić information content (AvgIpc) is 2.68. The van der Waals surface area contributed by atoms with E-state index < -0.39 is 0 Å². The lowest BCUT2D eigenvalue weighted by molar-refractivity contribution is -0.123. The van der Waals surface area contributed by atoms with E-state index in [1.165, 1.54) is 18.4 Å². The Morgan fingerprint density at radius 2 is 2.22 bits per heavy atom. The molecule has 0 fully saturated rings. The normalized spacial score (nSPS) is 18.9. The molecule has 0 aromatic rings. The monoisotopic (exact) mass is 243 g/mol. The van der Waals surface area contributed by atoms with Crippen molar-refractivity contribution >= 4 is 5.91 Å². The quantitative estimate of drug-likeness (QED) is 0.674. The molecule has 2 heteroatoms. The molecule has 18 heavy (non-hydrogen) atoms. The van der Waals surface area contributed by atoms with Crippen LogP contribution in [0.1, 0.15) is 39.5 Å². The molecule has 0 atom stereocenters. The Hall–Kier alpha value is -1.57. The SMILES string of the molecule is CCCC/C=C\C1=C2CC=CC=C2C(=O)N1CC. The van der Waals surface area contributed by atoms with Crippen LogP contribution in [0.3, 0.4) is 0 Å². The van der Waals surface area contributed by atoms with Gasteiger partial charge in [-0.2, -0.15) is 0 Å². The van der Waals surface area contributed by atoms with Crippen LogP contribution >= 0.6 is 0 Å². The van der Waals surface area contributed by atoms with E-state index >= 15 is 0 Å². The third-order valence-corrected chi connectivity index (χ3v) is 3.44. The standard InChI is InChI=1S/C16H21NO/c1-3-5-6-7-12-15-13-10-8-9-11-14(13)16(18)17(15)4-2/h7-9,11-12H,3-6,10H2,1-2H3/b12-7-. The van der Waals surface area contributed by atoms with Crippen LogP contribution in [0.25, 0.3) is 0 Å². The fourth-order valence-corrected chi connectivity index (χ4v) is 2.44. The van der Waals surface area contributed by atoms with Crippen LogP contribution in [0, 0.1) is 0 Å². The smallest absolute Gasteiger partial charge is 0.258 e. The maximum absolute atomic E-state index is 12.2. The van der Waals surface area contributed by atoms with E-state index in [1.807, 2.05) is 24.0 Å². The van der Waals surface area contributed by atoms with Gasteiger partial charge in [-0.25, -0.2) is 0 Å². The van der Waals surface area contributed by atoms with Crippen molar-refractivity contribution in [3.63, 3.8) is 0 Å². The highest BCUT2D eigenvalue weighted by Crippen LogP contribution is 2.34. The zero-order valence-electron chi connectivity index (χ0n) is 11.3. The van der Waals surface area contributed by atoms with Crippen LogP contribution in [0.5, 0.6) is 0 Å². The number of allylic oxidation sites excluding steroid dienone is 5. The van der Waals surface area contributed by atoms with Gasteiger partial charge in [0.25, 0.3) is 5.91 Å². The van der Waals surface area contributed by atoms with Crippen LogP contribution in [0.4, 0.5) is 0 Å². The first kappa shape index (κ1) is 12.9. The second-order valence-electron chi connectivity index (χ2n) is 4.67. The first-order valence-corrected chi connectivity index (χ1v) is 6.88. The second-order valence-corrected chi connectivity index (χ2v) is 4.67. The molecule has 0 radical (unpaired) electrons. The Morgan fingerprint density at radius 3 is 2.94 bits per heavy atom. The minimum Gasteiger partial charge on any atom is -0.308 e. The fourth-order valence-electron chi connectivity index (χ4n) is 2.44. The van der Waals surface area contributed by atoms with Gasteiger partial charge in [-0.05, 0) is 37.5 Å². The number of amides is 1. The van der Waals surface area contributed by atoms with Gasteiger partial charge >= 0.3 is 0 Å². The van der Waals surface area contributed by atoms with Crippen LogP contribution < -0.4 is 0 Å². The predicted octanol–water partition coefficient (Wildman–Crippen LogP) is 3.74. The van der Waals surface area contributed by atoms with Gasteiger partial charge < -0.3 is 4.90 Å². The van der Waals surface area contributed by atoms with E-state index in [0.29, 0.717) is 0 Å². The molecule has 96 valence electrons. The summed E-state index contributed by atoms with van der Waals surface area (Å²) in [5, 5.41) is 0. The average molecular weight is 243 g/mol. The molecule has 2 nitrogen and oxygen atoms in total. The molecule has 0 bridgehead atoms. The van der Waals surface area contributed by atoms with Crippen LogP contribution in [0.15, 0.2) is 47.2 Å². The second kappa shape index (κ2) is 5.85. The number of nitrogens with zero attached hydrogens (tertiary/aromatic N) is 1. The Bertz CT molecular complexity index is 452. The van der Waals surface area contributed by atoms with Gasteiger partial charge in [0, 0.05) is 17.8 Å². The molecule has 0 saturated carbocycles. The Morgan fingerprint density at radius 1 is 1.39 bits per heavy atom. The number of carbonyl (C=O) groups is 1. The molecule has 0 aromatic carbocycles. The molecule has 0 unspecified atom stereocenters. The Kier molecular flexibility index (Phi) is 4.19. The highest BCUT2D eigenvalue weighted by Gasteiger charge is 2.32. The lowest BCUT2D eigenvalue weighted by atomic mass is 9.99. The Labute approximate surface area is 109 Å². The number of unbranched alkanes of at least 4 members (excludes halogenated alkanes) is 2. The van der Waals surface area contributed by atoms with Crippen molar-refractivity contribution in [3.8, 4) is 0 Å². The molecule has 2 aliphatic rings. The van der Waals surface area contributed by atoms with Crippen molar-refractivity contribution in [1.29, 1.82) is 0 Å². The summed E-state index contributed by atoms with van der Waals surface area (Å²) in [6, 6.07) is 0. The molecule has 1 heterocycles. The first-order chi connectivity index (χ1) is 8.79.